The Bertz CT molecular complexity index is 334. The van der Waals surface area contributed by atoms with Crippen LogP contribution in [0, 0.1) is 0 Å². The molecule has 0 heterocycles. The summed E-state index contributed by atoms with van der Waals surface area (Å²) >= 11 is 0. The van der Waals surface area contributed by atoms with Crippen molar-refractivity contribution in [1.29, 1.82) is 0 Å². The number of hydrogen-bond donors (Lipinski definition) is 0. The monoisotopic (exact) mass is 278 g/mol. The van der Waals surface area contributed by atoms with E-state index in [-0.39, 0.29) is 0 Å². The van der Waals surface area contributed by atoms with Gasteiger partial charge in [0.05, 0.1) is 0 Å². The van der Waals surface area contributed by atoms with Crippen molar-refractivity contribution in [2.75, 3.05) is 0 Å². The van der Waals surface area contributed by atoms with Crippen molar-refractivity contribution in [3.8, 4) is 0 Å². The number of nitrogens with zero attached hydrogens (tertiary/aromatic N) is 2. The highest BCUT2D eigenvalue weighted by molar-refractivity contribution is 5.87. The molecule has 2 nitrogen and oxygen atoms in total. The molecule has 0 radical (unpaired) electrons. The van der Waals surface area contributed by atoms with Crippen LogP contribution >= 0.6 is 0 Å². The van der Waals surface area contributed by atoms with Crippen molar-refractivity contribution in [1.82, 2.24) is 0 Å². The van der Waals surface area contributed by atoms with Crippen LogP contribution in [0.15, 0.2) is 9.98 Å². The quantitative estimate of drug-likeness (QED) is 0.420. The van der Waals surface area contributed by atoms with Crippen LogP contribution in [0.5, 0.6) is 0 Å². The van der Waals surface area contributed by atoms with E-state index in [2.05, 4.69) is 0 Å². The predicted molar refractivity (Wildman–Crippen MR) is 34.1 cm³/mol. The molecule has 0 spiro atoms. The zero-order chi connectivity index (χ0) is 14.1. The normalized spacial score (nSPS) is 17.6. The highest BCUT2D eigenvalue weighted by Gasteiger charge is 2.63. The lowest BCUT2D eigenvalue weighted by atomic mass is 10.2. The number of hydrogen-bond acceptors (Lipinski definition) is 2. The first-order chi connectivity index (χ1) is 7.29. The molecular formula is C5F10N2. The van der Waals surface area contributed by atoms with Crippen LogP contribution in [0.1, 0.15) is 0 Å². The van der Waals surface area contributed by atoms with Crippen LogP contribution in [0.3, 0.4) is 0 Å². The maximum atomic E-state index is 12.7. The van der Waals surface area contributed by atoms with Crippen molar-refractivity contribution >= 4 is 12.2 Å². The predicted octanol–water partition coefficient (Wildman–Crippen LogP) is 3.40. The molecule has 0 saturated heterocycles. The second kappa shape index (κ2) is 4.49. The molecule has 0 amide bonds. The van der Waals surface area contributed by atoms with Gasteiger partial charge in [-0.25, -0.2) is 0 Å². The summed E-state index contributed by atoms with van der Waals surface area (Å²) in [7, 11) is 0. The fraction of sp³-hybridized carbons (Fsp3) is 0.600. The molecule has 1 atom stereocenters. The summed E-state index contributed by atoms with van der Waals surface area (Å²) in [4.78, 5) is 1.57. The van der Waals surface area contributed by atoms with E-state index in [1.807, 2.05) is 0 Å². The van der Waals surface area contributed by atoms with Crippen molar-refractivity contribution in [2.45, 2.75) is 18.3 Å². The number of halogens is 10. The third kappa shape index (κ3) is 4.19. The molecule has 17 heavy (non-hydrogen) atoms. The highest BCUT2D eigenvalue weighted by atomic mass is 19.4. The maximum Gasteiger partial charge on any atom is 0.505 e. The van der Waals surface area contributed by atoms with Gasteiger partial charge < -0.3 is 0 Å². The van der Waals surface area contributed by atoms with Crippen LogP contribution in [0.25, 0.3) is 0 Å². The topological polar surface area (TPSA) is 24.7 Å². The van der Waals surface area contributed by atoms with Crippen LogP contribution in [0.2, 0.25) is 0 Å². The van der Waals surface area contributed by atoms with Crippen molar-refractivity contribution in [2.24, 2.45) is 9.98 Å². The van der Waals surface area contributed by atoms with Gasteiger partial charge in [0.15, 0.2) is 0 Å². The van der Waals surface area contributed by atoms with Crippen LogP contribution in [0.4, 0.5) is 43.9 Å². The summed E-state index contributed by atoms with van der Waals surface area (Å²) in [5.74, 6) is -9.66. The Kier molecular flexibility index (Phi) is 4.13. The second-order valence-electron chi connectivity index (χ2n) is 2.34. The third-order valence-corrected chi connectivity index (χ3v) is 1.11. The Morgan fingerprint density at radius 2 is 1.12 bits per heavy atom. The minimum absolute atomic E-state index is 0.715. The highest BCUT2D eigenvalue weighted by Crippen LogP contribution is 2.38. The number of alkyl halides is 7. The lowest BCUT2D eigenvalue weighted by molar-refractivity contribution is -0.205. The molecule has 0 fully saturated rings. The Morgan fingerprint density at radius 1 is 0.706 bits per heavy atom. The minimum atomic E-state index is -6.46. The van der Waals surface area contributed by atoms with Gasteiger partial charge in [-0.05, 0) is 0 Å². The van der Waals surface area contributed by atoms with E-state index < -0.39 is 30.5 Å². The van der Waals surface area contributed by atoms with E-state index in [1.54, 1.807) is 0 Å². The number of rotatable bonds is 2. The zero-order valence-corrected chi connectivity index (χ0v) is 7.17. The largest absolute Gasteiger partial charge is 0.505 e. The molecule has 0 aliphatic rings. The van der Waals surface area contributed by atoms with Gasteiger partial charge in [-0.2, -0.15) is 40.7 Å². The molecule has 0 bridgehead atoms. The molecule has 0 aromatic heterocycles. The van der Waals surface area contributed by atoms with E-state index in [4.69, 9.17) is 0 Å². The SMILES string of the molecule is FC(F)=NC(F)(/C(F)=N\C(F)(F)F)C(F)(F)F. The molecule has 0 aromatic rings. The molecule has 0 aliphatic carbocycles. The zero-order valence-electron chi connectivity index (χ0n) is 7.17. The maximum absolute atomic E-state index is 12.7. The Morgan fingerprint density at radius 3 is 1.35 bits per heavy atom. The summed E-state index contributed by atoms with van der Waals surface area (Å²) in [6.45, 7) is 0. The standard InChI is InChI=1S/C5F10N2/c6-1(16-5(13,14)15)3(9,4(10,11)12)17-2(7)8/b16-1+. The van der Waals surface area contributed by atoms with Gasteiger partial charge in [0.25, 0.3) is 5.97 Å². The van der Waals surface area contributed by atoms with Gasteiger partial charge in [-0.15, -0.1) is 13.2 Å². The molecule has 0 aliphatic heterocycles. The van der Waals surface area contributed by atoms with Crippen LogP contribution < -0.4 is 0 Å². The fourth-order valence-electron chi connectivity index (χ4n) is 0.528. The summed E-state index contributed by atoms with van der Waals surface area (Å²) < 4.78 is 117. The van der Waals surface area contributed by atoms with Crippen molar-refractivity contribution in [3.05, 3.63) is 0 Å². The minimum Gasteiger partial charge on any atom is -0.197 e. The molecule has 1 unspecified atom stereocenters. The first-order valence-electron chi connectivity index (χ1n) is 3.28. The first kappa shape index (κ1) is 15.6. The molecule has 0 saturated carbocycles. The summed E-state index contributed by atoms with van der Waals surface area (Å²) in [5, 5.41) is 0. The molecule has 12 heteroatoms. The van der Waals surface area contributed by atoms with E-state index in [1.165, 1.54) is 0 Å². The van der Waals surface area contributed by atoms with Gasteiger partial charge in [-0.1, -0.05) is 0 Å². The van der Waals surface area contributed by atoms with Crippen molar-refractivity contribution < 1.29 is 43.9 Å². The van der Waals surface area contributed by atoms with Crippen LogP contribution in [-0.4, -0.2) is 30.5 Å². The van der Waals surface area contributed by atoms with E-state index in [9.17, 15) is 43.9 Å². The van der Waals surface area contributed by atoms with Gasteiger partial charge in [0, 0.05) is 0 Å². The summed E-state index contributed by atoms with van der Waals surface area (Å²) in [6.07, 6.45) is -16.0. The Hall–Kier alpha value is -1.36. The Labute approximate surface area is 85.6 Å². The summed E-state index contributed by atoms with van der Waals surface area (Å²) in [5.41, 5.74) is 0. The molecular weight excluding hydrogens is 278 g/mol. The first-order valence-corrected chi connectivity index (χ1v) is 3.28. The van der Waals surface area contributed by atoms with Gasteiger partial charge in [-0.3, -0.25) is 0 Å². The molecule has 0 N–H and O–H groups in total. The van der Waals surface area contributed by atoms with E-state index >= 15 is 0 Å². The average Bonchev–Trinajstić information content (AvgIpc) is 1.96. The van der Waals surface area contributed by atoms with E-state index in [0.29, 0.717) is 4.99 Å². The molecule has 0 rings (SSSR count). The smallest absolute Gasteiger partial charge is 0.197 e. The van der Waals surface area contributed by atoms with Crippen LogP contribution in [-0.2, 0) is 0 Å². The van der Waals surface area contributed by atoms with Gasteiger partial charge >= 0.3 is 24.5 Å². The van der Waals surface area contributed by atoms with Gasteiger partial charge in [0.1, 0.15) is 0 Å². The van der Waals surface area contributed by atoms with E-state index in [0.717, 1.165) is 4.99 Å². The summed E-state index contributed by atoms with van der Waals surface area (Å²) in [6, 6.07) is 0. The third-order valence-electron chi connectivity index (χ3n) is 1.11. The van der Waals surface area contributed by atoms with Gasteiger partial charge in [0.2, 0.25) is 0 Å². The Balaban J connectivity index is 5.68. The van der Waals surface area contributed by atoms with Crippen molar-refractivity contribution in [3.63, 3.8) is 0 Å². The fourth-order valence-corrected chi connectivity index (χ4v) is 0.528. The molecule has 100 valence electrons. The second-order valence-corrected chi connectivity index (χ2v) is 2.34. The lowest BCUT2D eigenvalue weighted by Crippen LogP contribution is -2.46. The average molecular weight is 278 g/mol. The number of aliphatic imine (C=N–C) groups is 2. The lowest BCUT2D eigenvalue weighted by Gasteiger charge is -2.20. The molecule has 0 aromatic carbocycles.